The van der Waals surface area contributed by atoms with Crippen molar-refractivity contribution in [3.8, 4) is 5.75 Å². The van der Waals surface area contributed by atoms with E-state index >= 15 is 0 Å². The lowest BCUT2D eigenvalue weighted by Gasteiger charge is -2.10. The van der Waals surface area contributed by atoms with Crippen molar-refractivity contribution < 1.29 is 14.6 Å². The highest BCUT2D eigenvalue weighted by molar-refractivity contribution is 5.90. The number of hydrogen-bond acceptors (Lipinski definition) is 3. The fourth-order valence-corrected chi connectivity index (χ4v) is 2.10. The first-order valence-electron chi connectivity index (χ1n) is 6.48. The van der Waals surface area contributed by atoms with Gasteiger partial charge in [0.05, 0.1) is 12.7 Å². The minimum absolute atomic E-state index is 0.121. The molecule has 0 aliphatic heterocycles. The molecule has 0 aliphatic rings. The topological polar surface area (TPSA) is 46.5 Å². The zero-order chi connectivity index (χ0) is 13.5. The van der Waals surface area contributed by atoms with E-state index in [1.165, 1.54) is 26.0 Å². The predicted octanol–water partition coefficient (Wildman–Crippen LogP) is 3.55. The third kappa shape index (κ3) is 4.40. The molecule has 0 fully saturated rings. The number of benzene rings is 1. The molecule has 1 rings (SSSR count). The summed E-state index contributed by atoms with van der Waals surface area (Å²) in [5, 5.41) is 9.60. The van der Waals surface area contributed by atoms with Crippen molar-refractivity contribution in [2.24, 2.45) is 5.92 Å². The summed E-state index contributed by atoms with van der Waals surface area (Å²) in [5.41, 5.74) is 1.40. The Morgan fingerprint density at radius 1 is 1.33 bits per heavy atom. The summed E-state index contributed by atoms with van der Waals surface area (Å²) < 4.78 is 4.66. The first-order chi connectivity index (χ1) is 8.56. The molecule has 0 bridgehead atoms. The van der Waals surface area contributed by atoms with Crippen LogP contribution in [0, 0.1) is 5.92 Å². The van der Waals surface area contributed by atoms with Crippen LogP contribution in [0.2, 0.25) is 0 Å². The van der Waals surface area contributed by atoms with Crippen molar-refractivity contribution in [2.75, 3.05) is 7.11 Å². The number of esters is 1. The Morgan fingerprint density at radius 2 is 2.06 bits per heavy atom. The first-order valence-corrected chi connectivity index (χ1v) is 6.48. The normalized spacial score (nSPS) is 12.2. The van der Waals surface area contributed by atoms with Gasteiger partial charge in [-0.3, -0.25) is 0 Å². The van der Waals surface area contributed by atoms with Gasteiger partial charge < -0.3 is 9.84 Å². The van der Waals surface area contributed by atoms with Crippen LogP contribution < -0.4 is 0 Å². The number of methoxy groups -OCH3 is 1. The summed E-state index contributed by atoms with van der Waals surface area (Å²) in [6.07, 6.45) is 4.34. The van der Waals surface area contributed by atoms with Crippen molar-refractivity contribution in [3.05, 3.63) is 29.3 Å². The first kappa shape index (κ1) is 14.6. The van der Waals surface area contributed by atoms with E-state index in [0.717, 1.165) is 18.4 Å². The maximum absolute atomic E-state index is 11.4. The summed E-state index contributed by atoms with van der Waals surface area (Å²) in [6, 6.07) is 4.94. The zero-order valence-electron chi connectivity index (χ0n) is 11.4. The molecule has 1 aromatic rings. The highest BCUT2D eigenvalue weighted by Crippen LogP contribution is 2.20. The number of carbonyl (C=O) groups excluding carboxylic acids is 1. The van der Waals surface area contributed by atoms with Crippen LogP contribution in [-0.4, -0.2) is 18.2 Å². The maximum Gasteiger partial charge on any atom is 0.337 e. The molecule has 1 aromatic carbocycles. The van der Waals surface area contributed by atoms with Crippen LogP contribution in [0.5, 0.6) is 5.75 Å². The molecule has 100 valence electrons. The molecule has 0 unspecified atom stereocenters. The van der Waals surface area contributed by atoms with Gasteiger partial charge in [-0.15, -0.1) is 0 Å². The van der Waals surface area contributed by atoms with Crippen LogP contribution in [0.1, 0.15) is 49.0 Å². The number of ether oxygens (including phenoxy) is 1. The van der Waals surface area contributed by atoms with Crippen LogP contribution in [0.25, 0.3) is 0 Å². The molecule has 0 saturated heterocycles. The number of phenolic OH excluding ortho intramolecular Hbond substituents is 1. The molecule has 1 N–H and O–H groups in total. The van der Waals surface area contributed by atoms with Crippen LogP contribution in [0.4, 0.5) is 0 Å². The number of aromatic hydroxyl groups is 1. The summed E-state index contributed by atoms with van der Waals surface area (Å²) in [4.78, 5) is 11.4. The Labute approximate surface area is 109 Å². The molecule has 0 heterocycles. The second-order valence-electron chi connectivity index (χ2n) is 4.81. The largest absolute Gasteiger partial charge is 0.508 e. The molecule has 1 atom stereocenters. The number of carbonyl (C=O) groups is 1. The summed E-state index contributed by atoms with van der Waals surface area (Å²) in [5.74, 6) is 0.378. The Bertz CT molecular complexity index is 399. The standard InChI is InChI=1S/C15H22O3/c1-4-5-11(2)6-7-12-8-13(15(17)18-3)10-14(16)9-12/h8-11,16H,4-7H2,1-3H3/t11-/m1/s1. The van der Waals surface area contributed by atoms with Crippen molar-refractivity contribution in [2.45, 2.75) is 39.5 Å². The fourth-order valence-electron chi connectivity index (χ4n) is 2.10. The predicted molar refractivity (Wildman–Crippen MR) is 71.8 cm³/mol. The van der Waals surface area contributed by atoms with Gasteiger partial charge >= 0.3 is 5.97 Å². The van der Waals surface area contributed by atoms with Crippen LogP contribution >= 0.6 is 0 Å². The summed E-state index contributed by atoms with van der Waals surface area (Å²) >= 11 is 0. The molecule has 3 nitrogen and oxygen atoms in total. The SMILES string of the molecule is CCC[C@@H](C)CCc1cc(O)cc(C(=O)OC)c1. The average molecular weight is 250 g/mol. The van der Waals surface area contributed by atoms with Gasteiger partial charge in [0.2, 0.25) is 0 Å². The summed E-state index contributed by atoms with van der Waals surface area (Å²) in [7, 11) is 1.34. The van der Waals surface area contributed by atoms with Crippen LogP contribution in [-0.2, 0) is 11.2 Å². The Balaban J connectivity index is 2.71. The molecule has 0 aromatic heterocycles. The second kappa shape index (κ2) is 7.04. The Hall–Kier alpha value is -1.51. The van der Waals surface area contributed by atoms with E-state index in [1.54, 1.807) is 12.1 Å². The quantitative estimate of drug-likeness (QED) is 0.785. The fraction of sp³-hybridized carbons (Fsp3) is 0.533. The van der Waals surface area contributed by atoms with Gasteiger partial charge in [0.15, 0.2) is 0 Å². The monoisotopic (exact) mass is 250 g/mol. The van der Waals surface area contributed by atoms with E-state index in [4.69, 9.17) is 0 Å². The molecule has 0 saturated carbocycles. The van der Waals surface area contributed by atoms with E-state index < -0.39 is 5.97 Å². The van der Waals surface area contributed by atoms with Gasteiger partial charge in [-0.2, -0.15) is 0 Å². The van der Waals surface area contributed by atoms with Crippen molar-refractivity contribution in [1.82, 2.24) is 0 Å². The van der Waals surface area contributed by atoms with E-state index in [9.17, 15) is 9.90 Å². The molecule has 0 spiro atoms. The van der Waals surface area contributed by atoms with Crippen molar-refractivity contribution in [1.29, 1.82) is 0 Å². The minimum Gasteiger partial charge on any atom is -0.508 e. The number of phenols is 1. The van der Waals surface area contributed by atoms with E-state index in [0.29, 0.717) is 11.5 Å². The van der Waals surface area contributed by atoms with E-state index in [-0.39, 0.29) is 5.75 Å². The molecular formula is C15H22O3. The Kier molecular flexibility index (Phi) is 5.69. The van der Waals surface area contributed by atoms with Crippen LogP contribution in [0.15, 0.2) is 18.2 Å². The van der Waals surface area contributed by atoms with Gasteiger partial charge in [0.25, 0.3) is 0 Å². The molecule has 0 aliphatic carbocycles. The van der Waals surface area contributed by atoms with E-state index in [1.807, 2.05) is 0 Å². The highest BCUT2D eigenvalue weighted by atomic mass is 16.5. The maximum atomic E-state index is 11.4. The third-order valence-corrected chi connectivity index (χ3v) is 3.11. The zero-order valence-corrected chi connectivity index (χ0v) is 11.4. The highest BCUT2D eigenvalue weighted by Gasteiger charge is 2.09. The van der Waals surface area contributed by atoms with Gasteiger partial charge in [-0.05, 0) is 42.5 Å². The summed E-state index contributed by atoms with van der Waals surface area (Å²) in [6.45, 7) is 4.41. The average Bonchev–Trinajstić information content (AvgIpc) is 2.35. The van der Waals surface area contributed by atoms with Gasteiger partial charge in [0.1, 0.15) is 5.75 Å². The number of hydrogen-bond donors (Lipinski definition) is 1. The van der Waals surface area contributed by atoms with Gasteiger partial charge in [-0.1, -0.05) is 26.7 Å². The molecule has 0 amide bonds. The van der Waals surface area contributed by atoms with Crippen molar-refractivity contribution >= 4 is 5.97 Å². The number of rotatable bonds is 6. The lowest BCUT2D eigenvalue weighted by molar-refractivity contribution is 0.0600. The van der Waals surface area contributed by atoms with Gasteiger partial charge in [-0.25, -0.2) is 4.79 Å². The molecule has 18 heavy (non-hydrogen) atoms. The molecule has 0 radical (unpaired) electrons. The minimum atomic E-state index is -0.409. The van der Waals surface area contributed by atoms with Crippen molar-refractivity contribution in [3.63, 3.8) is 0 Å². The number of aryl methyl sites for hydroxylation is 1. The lowest BCUT2D eigenvalue weighted by atomic mass is 9.96. The lowest BCUT2D eigenvalue weighted by Crippen LogP contribution is -2.03. The molecule has 3 heteroatoms. The van der Waals surface area contributed by atoms with Crippen LogP contribution in [0.3, 0.4) is 0 Å². The van der Waals surface area contributed by atoms with Gasteiger partial charge in [0, 0.05) is 0 Å². The molecular weight excluding hydrogens is 228 g/mol. The Morgan fingerprint density at radius 3 is 2.67 bits per heavy atom. The van der Waals surface area contributed by atoms with E-state index in [2.05, 4.69) is 18.6 Å². The second-order valence-corrected chi connectivity index (χ2v) is 4.81. The smallest absolute Gasteiger partial charge is 0.337 e. The third-order valence-electron chi connectivity index (χ3n) is 3.11.